The minimum atomic E-state index is -3.60. The highest BCUT2D eigenvalue weighted by Gasteiger charge is 2.31. The maximum Gasteiger partial charge on any atom is 0.263 e. The van der Waals surface area contributed by atoms with Crippen molar-refractivity contribution in [2.45, 2.75) is 50.0 Å². The second kappa shape index (κ2) is 8.84. The Bertz CT molecular complexity index is 801. The summed E-state index contributed by atoms with van der Waals surface area (Å²) in [5, 5.41) is 6.36. The number of fused-ring (bicyclic) bond motifs is 1. The highest BCUT2D eigenvalue weighted by atomic mass is 32.2. The minimum absolute atomic E-state index is 0.134. The Morgan fingerprint density at radius 1 is 1.37 bits per heavy atom. The number of piperidine rings is 1. The van der Waals surface area contributed by atoms with Crippen LogP contribution in [0.4, 0.5) is 0 Å². The third kappa shape index (κ3) is 4.87. The van der Waals surface area contributed by atoms with Crippen LogP contribution in [0.5, 0.6) is 0 Å². The number of carbonyl (C=O) groups excluding carboxylic acids is 1. The molecule has 1 aromatic rings. The molecule has 2 aliphatic rings. The Morgan fingerprint density at radius 3 is 2.93 bits per heavy atom. The van der Waals surface area contributed by atoms with Gasteiger partial charge in [0, 0.05) is 12.1 Å². The van der Waals surface area contributed by atoms with Gasteiger partial charge in [-0.2, -0.15) is 0 Å². The topological polar surface area (TPSA) is 99.7 Å². The molecule has 2 aliphatic heterocycles. The van der Waals surface area contributed by atoms with Crippen LogP contribution in [0.3, 0.4) is 0 Å². The summed E-state index contributed by atoms with van der Waals surface area (Å²) in [5.74, 6) is 0.569. The molecule has 3 N–H and O–H groups in total. The summed E-state index contributed by atoms with van der Waals surface area (Å²) in [6, 6.07) is 6.13. The largest absolute Gasteiger partial charge is 0.354 e. The van der Waals surface area contributed by atoms with Gasteiger partial charge in [0.1, 0.15) is 11.9 Å². The number of amides is 1. The van der Waals surface area contributed by atoms with Crippen LogP contribution in [0, 0.1) is 5.92 Å². The van der Waals surface area contributed by atoms with Crippen LogP contribution < -0.4 is 15.4 Å². The molecule has 2 unspecified atom stereocenters. The van der Waals surface area contributed by atoms with Gasteiger partial charge >= 0.3 is 0 Å². The number of amidine groups is 1. The number of carbonyl (C=O) groups is 1. The molecule has 3 rings (SSSR count). The zero-order chi connectivity index (χ0) is 19.3. The second-order valence-electron chi connectivity index (χ2n) is 7.19. The Labute approximate surface area is 161 Å². The van der Waals surface area contributed by atoms with Crippen molar-refractivity contribution in [3.8, 4) is 0 Å². The molecule has 1 saturated heterocycles. The molecule has 1 amide bonds. The standard InChI is InChI=1S/C19H28N4O3S/c1-2-3-9-16(19(24)21-13-14-7-6-11-20-12-14)22-18-15-8-4-5-10-17(15)27(25,26)23-18/h4-5,8,10,14,16,20H,2-3,6-7,9,11-13H2,1H3,(H,21,24)(H,22,23). The van der Waals surface area contributed by atoms with Crippen LogP contribution >= 0.6 is 0 Å². The SMILES string of the molecule is CCCCC(N=C1NS(=O)(=O)c2ccccc21)C(=O)NCC1CCCNC1. The normalized spacial score (nSPS) is 23.4. The van der Waals surface area contributed by atoms with Crippen molar-refractivity contribution in [2.24, 2.45) is 10.9 Å². The van der Waals surface area contributed by atoms with Crippen LogP contribution in [0.25, 0.3) is 0 Å². The van der Waals surface area contributed by atoms with Crippen molar-refractivity contribution in [3.63, 3.8) is 0 Å². The molecule has 0 spiro atoms. The highest BCUT2D eigenvalue weighted by molar-refractivity contribution is 7.90. The average Bonchev–Trinajstić information content (AvgIpc) is 2.94. The van der Waals surface area contributed by atoms with Crippen molar-refractivity contribution in [3.05, 3.63) is 29.8 Å². The summed E-state index contributed by atoms with van der Waals surface area (Å²) in [7, 11) is -3.60. The highest BCUT2D eigenvalue weighted by Crippen LogP contribution is 2.23. The molecule has 2 atom stereocenters. The first-order valence-corrected chi connectivity index (χ1v) is 11.2. The van der Waals surface area contributed by atoms with Gasteiger partial charge in [0.25, 0.3) is 10.0 Å². The molecule has 2 heterocycles. The summed E-state index contributed by atoms with van der Waals surface area (Å²) < 4.78 is 27.0. The smallest absolute Gasteiger partial charge is 0.263 e. The zero-order valence-corrected chi connectivity index (χ0v) is 16.5. The van der Waals surface area contributed by atoms with Crippen LogP contribution in [-0.2, 0) is 14.8 Å². The lowest BCUT2D eigenvalue weighted by Crippen LogP contribution is -2.41. The quantitative estimate of drug-likeness (QED) is 0.653. The van der Waals surface area contributed by atoms with E-state index in [1.54, 1.807) is 24.3 Å². The number of aliphatic imine (C=N–C) groups is 1. The fraction of sp³-hybridized carbons (Fsp3) is 0.579. The maximum absolute atomic E-state index is 12.7. The average molecular weight is 393 g/mol. The summed E-state index contributed by atoms with van der Waals surface area (Å²) >= 11 is 0. The molecule has 0 aromatic heterocycles. The van der Waals surface area contributed by atoms with Gasteiger partial charge in [-0.05, 0) is 50.4 Å². The van der Waals surface area contributed by atoms with E-state index in [4.69, 9.17) is 0 Å². The Hall–Kier alpha value is -1.93. The van der Waals surface area contributed by atoms with E-state index >= 15 is 0 Å². The fourth-order valence-electron chi connectivity index (χ4n) is 3.50. The van der Waals surface area contributed by atoms with Gasteiger partial charge in [-0.25, -0.2) is 8.42 Å². The van der Waals surface area contributed by atoms with Crippen LogP contribution in [-0.4, -0.2) is 45.8 Å². The van der Waals surface area contributed by atoms with Crippen LogP contribution in [0.2, 0.25) is 0 Å². The number of hydrogen-bond donors (Lipinski definition) is 3. The number of benzene rings is 1. The molecule has 0 saturated carbocycles. The van der Waals surface area contributed by atoms with Gasteiger partial charge in [0.15, 0.2) is 0 Å². The maximum atomic E-state index is 12.7. The number of nitrogens with zero attached hydrogens (tertiary/aromatic N) is 1. The van der Waals surface area contributed by atoms with Crippen LogP contribution in [0.1, 0.15) is 44.6 Å². The van der Waals surface area contributed by atoms with E-state index in [-0.39, 0.29) is 16.6 Å². The van der Waals surface area contributed by atoms with E-state index in [0.717, 1.165) is 38.8 Å². The van der Waals surface area contributed by atoms with Gasteiger partial charge in [-0.15, -0.1) is 0 Å². The molecule has 1 fully saturated rings. The Balaban J connectivity index is 1.74. The molecule has 0 aliphatic carbocycles. The summed E-state index contributed by atoms with van der Waals surface area (Å²) in [5.41, 5.74) is 0.531. The monoisotopic (exact) mass is 392 g/mol. The van der Waals surface area contributed by atoms with Crippen molar-refractivity contribution >= 4 is 21.8 Å². The molecular formula is C19H28N4O3S. The molecule has 148 valence electrons. The predicted octanol–water partition coefficient (Wildman–Crippen LogP) is 1.40. The first kappa shape index (κ1) is 19.8. The van der Waals surface area contributed by atoms with Crippen molar-refractivity contribution in [1.29, 1.82) is 0 Å². The van der Waals surface area contributed by atoms with Gasteiger partial charge in [0.2, 0.25) is 5.91 Å². The lowest BCUT2D eigenvalue weighted by atomic mass is 9.99. The Morgan fingerprint density at radius 2 is 2.19 bits per heavy atom. The number of hydrogen-bond acceptors (Lipinski definition) is 5. The van der Waals surface area contributed by atoms with Gasteiger partial charge in [-0.3, -0.25) is 14.5 Å². The zero-order valence-electron chi connectivity index (χ0n) is 15.7. The van der Waals surface area contributed by atoms with Crippen molar-refractivity contribution in [1.82, 2.24) is 15.4 Å². The van der Waals surface area contributed by atoms with Gasteiger partial charge in [0.05, 0.1) is 4.90 Å². The van der Waals surface area contributed by atoms with E-state index in [0.29, 0.717) is 24.4 Å². The second-order valence-corrected chi connectivity index (χ2v) is 8.85. The van der Waals surface area contributed by atoms with E-state index in [2.05, 4.69) is 27.3 Å². The third-order valence-corrected chi connectivity index (χ3v) is 6.44. The first-order valence-electron chi connectivity index (χ1n) is 9.69. The summed E-state index contributed by atoms with van der Waals surface area (Å²) in [4.78, 5) is 17.5. The number of unbranched alkanes of at least 4 members (excludes halogenated alkanes) is 1. The van der Waals surface area contributed by atoms with E-state index in [1.807, 2.05) is 0 Å². The lowest BCUT2D eigenvalue weighted by molar-refractivity contribution is -0.122. The summed E-state index contributed by atoms with van der Waals surface area (Å²) in [6.45, 7) is 4.64. The van der Waals surface area contributed by atoms with Crippen molar-refractivity contribution < 1.29 is 13.2 Å². The molecule has 0 bridgehead atoms. The molecular weight excluding hydrogens is 364 g/mol. The molecule has 8 heteroatoms. The third-order valence-electron chi connectivity index (χ3n) is 5.05. The fourth-order valence-corrected chi connectivity index (χ4v) is 4.74. The number of sulfonamides is 1. The summed E-state index contributed by atoms with van der Waals surface area (Å²) in [6.07, 6.45) is 4.63. The van der Waals surface area contributed by atoms with Crippen molar-refractivity contribution in [2.75, 3.05) is 19.6 Å². The molecule has 0 radical (unpaired) electrons. The minimum Gasteiger partial charge on any atom is -0.354 e. The lowest BCUT2D eigenvalue weighted by Gasteiger charge is -2.23. The Kier molecular flexibility index (Phi) is 6.49. The van der Waals surface area contributed by atoms with Gasteiger partial charge in [-0.1, -0.05) is 31.9 Å². The molecule has 1 aromatic carbocycles. The van der Waals surface area contributed by atoms with Gasteiger partial charge < -0.3 is 10.6 Å². The van der Waals surface area contributed by atoms with Crippen LogP contribution in [0.15, 0.2) is 34.2 Å². The van der Waals surface area contributed by atoms with E-state index < -0.39 is 16.1 Å². The number of nitrogens with one attached hydrogen (secondary N) is 3. The predicted molar refractivity (Wildman–Crippen MR) is 105 cm³/mol. The molecule has 7 nitrogen and oxygen atoms in total. The van der Waals surface area contributed by atoms with E-state index in [9.17, 15) is 13.2 Å². The number of rotatable bonds is 7. The van der Waals surface area contributed by atoms with E-state index in [1.165, 1.54) is 0 Å². The first-order chi connectivity index (χ1) is 13.0. The molecule has 27 heavy (non-hydrogen) atoms.